The van der Waals surface area contributed by atoms with Crippen molar-refractivity contribution in [1.82, 2.24) is 4.90 Å². The van der Waals surface area contributed by atoms with Gasteiger partial charge in [-0.05, 0) is 37.5 Å². The third kappa shape index (κ3) is 3.92. The lowest BCUT2D eigenvalue weighted by Crippen LogP contribution is -2.38. The predicted molar refractivity (Wildman–Crippen MR) is 84.5 cm³/mol. The molecule has 132 valence electrons. The summed E-state index contributed by atoms with van der Waals surface area (Å²) in [5, 5.41) is 14.0. The number of ether oxygens (including phenoxy) is 1. The van der Waals surface area contributed by atoms with Gasteiger partial charge < -0.3 is 14.7 Å². The Kier molecular flexibility index (Phi) is 5.26. The minimum atomic E-state index is -3.83. The van der Waals surface area contributed by atoms with Crippen LogP contribution in [-0.2, 0) is 24.3 Å². The Morgan fingerprint density at radius 3 is 2.50 bits per heavy atom. The second kappa shape index (κ2) is 6.88. The van der Waals surface area contributed by atoms with E-state index in [0.717, 1.165) is 0 Å². The third-order valence-corrected chi connectivity index (χ3v) is 5.08. The molecule has 0 aromatic heterocycles. The first kappa shape index (κ1) is 18.4. The molecule has 1 unspecified atom stereocenters. The summed E-state index contributed by atoms with van der Waals surface area (Å²) in [5.41, 5.74) is 0.602. The lowest BCUT2D eigenvalue weighted by molar-refractivity contribution is -0.155. The Morgan fingerprint density at radius 2 is 1.96 bits per heavy atom. The summed E-state index contributed by atoms with van der Waals surface area (Å²) >= 11 is 0. The van der Waals surface area contributed by atoms with E-state index in [9.17, 15) is 18.0 Å². The number of hydrogen-bond acceptors (Lipinski definition) is 5. The topological polar surface area (TPSA) is 127 Å². The van der Waals surface area contributed by atoms with Gasteiger partial charge in [-0.15, -0.1) is 0 Å². The molecule has 1 saturated heterocycles. The van der Waals surface area contributed by atoms with Crippen molar-refractivity contribution >= 4 is 21.9 Å². The van der Waals surface area contributed by atoms with Gasteiger partial charge in [-0.2, -0.15) is 0 Å². The number of rotatable bonds is 5. The zero-order valence-corrected chi connectivity index (χ0v) is 14.2. The zero-order chi connectivity index (χ0) is 18.1. The number of nitrogens with zero attached hydrogens (tertiary/aromatic N) is 1. The maximum atomic E-state index is 12.5. The number of aliphatic carboxylic acids is 1. The van der Waals surface area contributed by atoms with Crippen LogP contribution in [0.2, 0.25) is 0 Å². The van der Waals surface area contributed by atoms with Gasteiger partial charge in [0.05, 0.1) is 10.9 Å². The van der Waals surface area contributed by atoms with Crippen LogP contribution in [0, 0.1) is 0 Å². The first-order chi connectivity index (χ1) is 11.1. The van der Waals surface area contributed by atoms with Crippen molar-refractivity contribution in [1.29, 1.82) is 0 Å². The highest BCUT2D eigenvalue weighted by atomic mass is 32.2. The van der Waals surface area contributed by atoms with E-state index in [4.69, 9.17) is 15.0 Å². The van der Waals surface area contributed by atoms with Crippen LogP contribution in [0.15, 0.2) is 29.2 Å². The summed E-state index contributed by atoms with van der Waals surface area (Å²) in [7, 11) is -2.27. The van der Waals surface area contributed by atoms with Crippen LogP contribution in [0.3, 0.4) is 0 Å². The molecule has 1 aromatic rings. The van der Waals surface area contributed by atoms with Gasteiger partial charge in [0.25, 0.3) is 5.91 Å². The smallest absolute Gasteiger partial charge is 0.332 e. The number of likely N-dealkylation sites (N-methyl/N-ethyl adjacent to an activating group) is 1. The second-order valence-corrected chi connectivity index (χ2v) is 7.33. The largest absolute Gasteiger partial charge is 0.479 e. The highest BCUT2D eigenvalue weighted by Crippen LogP contribution is 2.26. The molecule has 1 aliphatic heterocycles. The van der Waals surface area contributed by atoms with E-state index >= 15 is 0 Å². The van der Waals surface area contributed by atoms with Gasteiger partial charge in [-0.25, -0.2) is 18.4 Å². The van der Waals surface area contributed by atoms with Gasteiger partial charge >= 0.3 is 5.97 Å². The molecule has 1 amide bonds. The van der Waals surface area contributed by atoms with Crippen LogP contribution in [0.1, 0.15) is 31.4 Å². The number of nitrogens with two attached hydrogens (primary N) is 1. The molecule has 1 fully saturated rings. The zero-order valence-electron chi connectivity index (χ0n) is 13.4. The molecule has 24 heavy (non-hydrogen) atoms. The van der Waals surface area contributed by atoms with E-state index < -0.39 is 34.2 Å². The summed E-state index contributed by atoms with van der Waals surface area (Å²) in [4.78, 5) is 24.8. The van der Waals surface area contributed by atoms with Crippen molar-refractivity contribution in [2.45, 2.75) is 42.9 Å². The van der Waals surface area contributed by atoms with Gasteiger partial charge in [-0.3, -0.25) is 4.79 Å². The number of carboxylic acid groups (broad SMARTS) is 1. The molecule has 1 aliphatic rings. The van der Waals surface area contributed by atoms with Crippen LogP contribution in [-0.4, -0.2) is 49.6 Å². The summed E-state index contributed by atoms with van der Waals surface area (Å²) < 4.78 is 28.1. The number of primary sulfonamides is 1. The molecule has 9 heteroatoms. The Morgan fingerprint density at radius 1 is 1.33 bits per heavy atom. The van der Waals surface area contributed by atoms with E-state index in [-0.39, 0.29) is 17.2 Å². The molecule has 3 atom stereocenters. The molecule has 0 aliphatic carbocycles. The lowest BCUT2D eigenvalue weighted by atomic mass is 10.1. The number of carbonyl (C=O) groups excluding carboxylic acids is 1. The van der Waals surface area contributed by atoms with Crippen LogP contribution in [0.4, 0.5) is 0 Å². The average molecular weight is 356 g/mol. The SMILES string of the molecule is CC(c1cccc(S(N)(=O)=O)c1)N(C)C(=O)[C@@H]1CC[C@H](C(=O)O)O1. The standard InChI is InChI=1S/C15H20N2O6S/c1-9(10-4-3-5-11(8-10)24(16,21)22)17(2)14(18)12-6-7-13(23-12)15(19)20/h3-5,8-9,12-13H,6-7H2,1-2H3,(H,19,20)(H2,16,21,22)/t9?,12-,13+/m0/s1. The molecule has 2 rings (SSSR count). The maximum absolute atomic E-state index is 12.5. The van der Waals surface area contributed by atoms with Crippen molar-refractivity contribution in [2.75, 3.05) is 7.05 Å². The lowest BCUT2D eigenvalue weighted by Gasteiger charge is -2.28. The minimum Gasteiger partial charge on any atom is -0.479 e. The van der Waals surface area contributed by atoms with Crippen molar-refractivity contribution in [3.05, 3.63) is 29.8 Å². The number of benzene rings is 1. The Bertz CT molecular complexity index is 748. The number of sulfonamides is 1. The summed E-state index contributed by atoms with van der Waals surface area (Å²) in [5.74, 6) is -1.42. The molecular weight excluding hydrogens is 336 g/mol. The fourth-order valence-electron chi connectivity index (χ4n) is 2.59. The molecule has 0 spiro atoms. The first-order valence-corrected chi connectivity index (χ1v) is 8.93. The molecule has 0 bridgehead atoms. The molecule has 3 N–H and O–H groups in total. The predicted octanol–water partition coefficient (Wildman–Crippen LogP) is 0.486. The van der Waals surface area contributed by atoms with Crippen LogP contribution in [0.5, 0.6) is 0 Å². The number of carboxylic acids is 1. The van der Waals surface area contributed by atoms with Crippen LogP contribution < -0.4 is 5.14 Å². The van der Waals surface area contributed by atoms with Gasteiger partial charge in [0, 0.05) is 7.05 Å². The van der Waals surface area contributed by atoms with Gasteiger partial charge in [0.1, 0.15) is 6.10 Å². The Hall–Kier alpha value is -1.97. The van der Waals surface area contributed by atoms with Crippen molar-refractivity contribution in [2.24, 2.45) is 5.14 Å². The van der Waals surface area contributed by atoms with E-state index in [1.54, 1.807) is 26.1 Å². The van der Waals surface area contributed by atoms with E-state index in [2.05, 4.69) is 0 Å². The fraction of sp³-hybridized carbons (Fsp3) is 0.467. The number of amides is 1. The Balaban J connectivity index is 2.13. The fourth-order valence-corrected chi connectivity index (χ4v) is 3.16. The summed E-state index contributed by atoms with van der Waals surface area (Å²) in [6.07, 6.45) is -1.15. The maximum Gasteiger partial charge on any atom is 0.332 e. The van der Waals surface area contributed by atoms with E-state index in [1.165, 1.54) is 17.0 Å². The average Bonchev–Trinajstić information content (AvgIpc) is 3.02. The highest BCUT2D eigenvalue weighted by Gasteiger charge is 2.37. The van der Waals surface area contributed by atoms with Crippen LogP contribution in [0.25, 0.3) is 0 Å². The molecule has 1 aromatic carbocycles. The third-order valence-electron chi connectivity index (χ3n) is 4.17. The number of hydrogen-bond donors (Lipinski definition) is 2. The van der Waals surface area contributed by atoms with Crippen LogP contribution >= 0.6 is 0 Å². The highest BCUT2D eigenvalue weighted by molar-refractivity contribution is 7.89. The van der Waals surface area contributed by atoms with Gasteiger partial charge in [-0.1, -0.05) is 12.1 Å². The molecule has 0 radical (unpaired) electrons. The summed E-state index contributed by atoms with van der Waals surface area (Å²) in [6, 6.07) is 5.62. The quantitative estimate of drug-likeness (QED) is 0.790. The molecule has 8 nitrogen and oxygen atoms in total. The van der Waals surface area contributed by atoms with Gasteiger partial charge in [0.2, 0.25) is 10.0 Å². The molecule has 1 heterocycles. The van der Waals surface area contributed by atoms with E-state index in [0.29, 0.717) is 12.0 Å². The van der Waals surface area contributed by atoms with Gasteiger partial charge in [0.15, 0.2) is 6.10 Å². The first-order valence-electron chi connectivity index (χ1n) is 7.39. The van der Waals surface area contributed by atoms with Crippen molar-refractivity contribution in [3.8, 4) is 0 Å². The Labute approximate surface area is 140 Å². The van der Waals surface area contributed by atoms with Crippen molar-refractivity contribution in [3.63, 3.8) is 0 Å². The second-order valence-electron chi connectivity index (χ2n) is 5.77. The molecule has 0 saturated carbocycles. The normalized spacial score (nSPS) is 22.1. The minimum absolute atomic E-state index is 0.0317. The monoisotopic (exact) mass is 356 g/mol. The van der Waals surface area contributed by atoms with E-state index in [1.807, 2.05) is 0 Å². The van der Waals surface area contributed by atoms with Crippen molar-refractivity contribution < 1.29 is 27.9 Å². The number of carbonyl (C=O) groups is 2. The summed E-state index contributed by atoms with van der Waals surface area (Å²) in [6.45, 7) is 1.74. The molecular formula is C15H20N2O6S.